The predicted molar refractivity (Wildman–Crippen MR) is 132 cm³/mol. The molecule has 2 aliphatic heterocycles. The Labute approximate surface area is 200 Å². The molecule has 0 atom stereocenters. The number of hydrogen-bond acceptors (Lipinski definition) is 5. The molecule has 7 nitrogen and oxygen atoms in total. The van der Waals surface area contributed by atoms with E-state index in [2.05, 4.69) is 10.2 Å². The van der Waals surface area contributed by atoms with Crippen LogP contribution in [0.4, 0.5) is 10.5 Å². The molecule has 0 radical (unpaired) electrons. The highest BCUT2D eigenvalue weighted by molar-refractivity contribution is 6.00. The highest BCUT2D eigenvalue weighted by Crippen LogP contribution is 2.36. The van der Waals surface area contributed by atoms with Crippen LogP contribution in [0.2, 0.25) is 0 Å². The summed E-state index contributed by atoms with van der Waals surface area (Å²) in [6.45, 7) is 6.29. The maximum atomic E-state index is 12.9. The molecule has 0 aromatic heterocycles. The van der Waals surface area contributed by atoms with E-state index in [1.165, 1.54) is 0 Å². The van der Waals surface area contributed by atoms with Gasteiger partial charge in [0, 0.05) is 26.2 Å². The summed E-state index contributed by atoms with van der Waals surface area (Å²) in [7, 11) is 0. The molecule has 0 bridgehead atoms. The zero-order valence-electron chi connectivity index (χ0n) is 19.5. The second-order valence-electron chi connectivity index (χ2n) is 8.08. The number of nitrogens with one attached hydrogen (secondary N) is 1. The Balaban J connectivity index is 1.44. The van der Waals surface area contributed by atoms with Gasteiger partial charge in [-0.05, 0) is 37.6 Å². The number of ether oxygens (including phenoxy) is 2. The van der Waals surface area contributed by atoms with Crippen LogP contribution in [0.3, 0.4) is 0 Å². The van der Waals surface area contributed by atoms with Gasteiger partial charge in [-0.3, -0.25) is 4.79 Å². The molecule has 4 rings (SSSR count). The standard InChI is InChI=1S/C27H29N3O4/c1-3-4-6-13-23-20(2)34-25-22(26(31)28-23)12-9-14-24(25)29-15-17-30(18-16-29)27(32)33-19-21-10-7-5-8-11-21/h3-14H,15-19H2,1-2H3,(H,28,31)/b4-3-,13-6-. The third-order valence-electron chi connectivity index (χ3n) is 5.77. The SMILES string of the molecule is C/C=C\C=C/C1=C(C)Oc2c(cccc2N2CCN(C(=O)OCc3ccccc3)CC2)C(=O)N1. The van der Waals surface area contributed by atoms with Crippen LogP contribution in [0, 0.1) is 0 Å². The fraction of sp³-hybridized carbons (Fsp3) is 0.259. The summed E-state index contributed by atoms with van der Waals surface area (Å²) in [5, 5.41) is 2.93. The van der Waals surface area contributed by atoms with E-state index in [1.54, 1.807) is 11.0 Å². The maximum Gasteiger partial charge on any atom is 0.410 e. The Hall–Kier alpha value is -4.00. The molecular formula is C27H29N3O4. The Bertz CT molecular complexity index is 1130. The van der Waals surface area contributed by atoms with Gasteiger partial charge >= 0.3 is 6.09 Å². The molecule has 1 saturated heterocycles. The quantitative estimate of drug-likeness (QED) is 0.660. The van der Waals surface area contributed by atoms with Crippen LogP contribution in [0.5, 0.6) is 5.75 Å². The van der Waals surface area contributed by atoms with Crippen LogP contribution in [-0.4, -0.2) is 43.1 Å². The fourth-order valence-electron chi connectivity index (χ4n) is 3.91. The minimum Gasteiger partial charge on any atom is -0.457 e. The molecule has 0 unspecified atom stereocenters. The van der Waals surface area contributed by atoms with E-state index in [0.717, 1.165) is 11.3 Å². The number of fused-ring (bicyclic) bond motifs is 1. The first-order valence-corrected chi connectivity index (χ1v) is 11.4. The zero-order chi connectivity index (χ0) is 23.9. The minimum absolute atomic E-state index is 0.211. The molecule has 2 aromatic carbocycles. The van der Waals surface area contributed by atoms with E-state index in [4.69, 9.17) is 9.47 Å². The lowest BCUT2D eigenvalue weighted by molar-refractivity contribution is 0.0941. The minimum atomic E-state index is -0.317. The summed E-state index contributed by atoms with van der Waals surface area (Å²) in [6, 6.07) is 15.2. The molecule has 2 aromatic rings. The van der Waals surface area contributed by atoms with Gasteiger partial charge in [-0.25, -0.2) is 4.79 Å². The number of para-hydroxylation sites is 1. The first kappa shape index (κ1) is 23.2. The first-order chi connectivity index (χ1) is 16.6. The van der Waals surface area contributed by atoms with Crippen LogP contribution in [0.15, 0.2) is 84.3 Å². The summed E-state index contributed by atoms with van der Waals surface area (Å²) in [5.41, 5.74) is 2.90. The van der Waals surface area contributed by atoms with E-state index < -0.39 is 0 Å². The van der Waals surface area contributed by atoms with Crippen LogP contribution >= 0.6 is 0 Å². The smallest absolute Gasteiger partial charge is 0.410 e. The second-order valence-corrected chi connectivity index (χ2v) is 8.08. The normalized spacial score (nSPS) is 16.4. The molecule has 0 saturated carbocycles. The Morgan fingerprint density at radius 1 is 1.06 bits per heavy atom. The summed E-state index contributed by atoms with van der Waals surface area (Å²) in [4.78, 5) is 29.3. The van der Waals surface area contributed by atoms with E-state index in [1.807, 2.05) is 80.6 Å². The van der Waals surface area contributed by atoms with Gasteiger partial charge in [0.2, 0.25) is 0 Å². The third-order valence-corrected chi connectivity index (χ3v) is 5.77. The highest BCUT2D eigenvalue weighted by atomic mass is 16.6. The molecule has 1 fully saturated rings. The second kappa shape index (κ2) is 10.7. The molecule has 2 aliphatic rings. The van der Waals surface area contributed by atoms with Crippen LogP contribution in [0.25, 0.3) is 0 Å². The lowest BCUT2D eigenvalue weighted by Crippen LogP contribution is -2.49. The summed E-state index contributed by atoms with van der Waals surface area (Å²) in [6.07, 6.45) is 7.16. The number of benzene rings is 2. The van der Waals surface area contributed by atoms with Gasteiger partial charge in [0.15, 0.2) is 5.75 Å². The van der Waals surface area contributed by atoms with Crippen molar-refractivity contribution in [1.29, 1.82) is 0 Å². The lowest BCUT2D eigenvalue weighted by atomic mass is 10.1. The summed E-state index contributed by atoms with van der Waals surface area (Å²) in [5.74, 6) is 0.937. The number of allylic oxidation sites excluding steroid dienone is 5. The molecule has 176 valence electrons. The maximum absolute atomic E-state index is 12.9. The van der Waals surface area contributed by atoms with Crippen LogP contribution < -0.4 is 15.0 Å². The molecular weight excluding hydrogens is 430 g/mol. The largest absolute Gasteiger partial charge is 0.457 e. The van der Waals surface area contributed by atoms with Crippen molar-refractivity contribution in [2.24, 2.45) is 0 Å². The van der Waals surface area contributed by atoms with Crippen LogP contribution in [-0.2, 0) is 11.3 Å². The Morgan fingerprint density at radius 2 is 1.82 bits per heavy atom. The van der Waals surface area contributed by atoms with Gasteiger partial charge < -0.3 is 24.6 Å². The van der Waals surface area contributed by atoms with Crippen molar-refractivity contribution < 1.29 is 19.1 Å². The fourth-order valence-corrected chi connectivity index (χ4v) is 3.91. The number of carbonyl (C=O) groups is 2. The van der Waals surface area contributed by atoms with Gasteiger partial charge in [0.1, 0.15) is 12.4 Å². The highest BCUT2D eigenvalue weighted by Gasteiger charge is 2.28. The molecule has 7 heteroatoms. The van der Waals surface area contributed by atoms with E-state index in [0.29, 0.717) is 48.9 Å². The monoisotopic (exact) mass is 459 g/mol. The number of anilines is 1. The molecule has 2 amide bonds. The van der Waals surface area contributed by atoms with E-state index in [9.17, 15) is 9.59 Å². The van der Waals surface area contributed by atoms with E-state index >= 15 is 0 Å². The first-order valence-electron chi connectivity index (χ1n) is 11.4. The molecule has 34 heavy (non-hydrogen) atoms. The Morgan fingerprint density at radius 3 is 2.56 bits per heavy atom. The number of carbonyl (C=O) groups excluding carboxylic acids is 2. The zero-order valence-corrected chi connectivity index (χ0v) is 19.5. The molecule has 0 aliphatic carbocycles. The number of piperazine rings is 1. The van der Waals surface area contributed by atoms with Crippen molar-refractivity contribution in [2.45, 2.75) is 20.5 Å². The number of hydrogen-bond donors (Lipinski definition) is 1. The van der Waals surface area contributed by atoms with E-state index in [-0.39, 0.29) is 18.6 Å². The number of rotatable bonds is 5. The lowest BCUT2D eigenvalue weighted by Gasteiger charge is -2.36. The van der Waals surface area contributed by atoms with Gasteiger partial charge in [-0.15, -0.1) is 0 Å². The molecule has 2 heterocycles. The molecule has 1 N–H and O–H groups in total. The third kappa shape index (κ3) is 5.31. The van der Waals surface area contributed by atoms with Crippen molar-refractivity contribution in [3.63, 3.8) is 0 Å². The van der Waals surface area contributed by atoms with Gasteiger partial charge in [-0.2, -0.15) is 0 Å². The van der Waals surface area contributed by atoms with Crippen molar-refractivity contribution >= 4 is 17.7 Å². The van der Waals surface area contributed by atoms with Gasteiger partial charge in [0.25, 0.3) is 5.91 Å². The number of nitrogens with zero attached hydrogens (tertiary/aromatic N) is 2. The van der Waals surface area contributed by atoms with Crippen molar-refractivity contribution in [3.8, 4) is 5.75 Å². The number of amides is 2. The topological polar surface area (TPSA) is 71.1 Å². The van der Waals surface area contributed by atoms with Crippen molar-refractivity contribution in [2.75, 3.05) is 31.1 Å². The van der Waals surface area contributed by atoms with Gasteiger partial charge in [-0.1, -0.05) is 54.6 Å². The average Bonchev–Trinajstić information content (AvgIpc) is 2.99. The summed E-state index contributed by atoms with van der Waals surface area (Å²) >= 11 is 0. The summed E-state index contributed by atoms with van der Waals surface area (Å²) < 4.78 is 11.7. The van der Waals surface area contributed by atoms with Gasteiger partial charge in [0.05, 0.1) is 16.9 Å². The predicted octanol–water partition coefficient (Wildman–Crippen LogP) is 4.63. The Kier molecular flexibility index (Phi) is 7.32. The van der Waals surface area contributed by atoms with Crippen molar-refractivity contribution in [3.05, 3.63) is 95.4 Å². The van der Waals surface area contributed by atoms with Crippen LogP contribution in [0.1, 0.15) is 29.8 Å². The van der Waals surface area contributed by atoms with Crippen molar-refractivity contribution in [1.82, 2.24) is 10.2 Å². The average molecular weight is 460 g/mol. The molecule has 0 spiro atoms.